The molecule has 146 valence electrons. The van der Waals surface area contributed by atoms with Gasteiger partial charge in [0.15, 0.2) is 0 Å². The van der Waals surface area contributed by atoms with Gasteiger partial charge in [0.25, 0.3) is 11.6 Å². The fraction of sp³-hybridized carbons (Fsp3) is 0.0500. The Morgan fingerprint density at radius 2 is 1.90 bits per heavy atom. The number of anilines is 1. The highest BCUT2D eigenvalue weighted by Gasteiger charge is 2.09. The predicted octanol–water partition coefficient (Wildman–Crippen LogP) is 3.11. The number of non-ortho nitro benzene ring substituents is 1. The van der Waals surface area contributed by atoms with Gasteiger partial charge in [-0.2, -0.15) is 5.10 Å². The Balaban J connectivity index is 1.73. The summed E-state index contributed by atoms with van der Waals surface area (Å²) in [6.45, 7) is 1.38. The van der Waals surface area contributed by atoms with Gasteiger partial charge in [-0.05, 0) is 36.4 Å². The zero-order chi connectivity index (χ0) is 20.8. The molecule has 2 amide bonds. The van der Waals surface area contributed by atoms with Gasteiger partial charge in [0.2, 0.25) is 5.91 Å². The molecule has 0 atom stereocenters. The Morgan fingerprint density at radius 3 is 2.66 bits per heavy atom. The van der Waals surface area contributed by atoms with Crippen LogP contribution < -0.4 is 10.7 Å². The van der Waals surface area contributed by atoms with Crippen LogP contribution in [0.5, 0.6) is 0 Å². The van der Waals surface area contributed by atoms with Crippen molar-refractivity contribution in [3.05, 3.63) is 88.2 Å². The van der Waals surface area contributed by atoms with Crippen LogP contribution in [0.1, 0.15) is 23.0 Å². The SMILES string of the molecule is CC(=O)Nc1cccc(C(=O)N/N=C\c2cccn2-c2cccc([N+](=O)[O-])c2)c1. The molecule has 0 aliphatic rings. The van der Waals surface area contributed by atoms with Crippen molar-refractivity contribution in [3.63, 3.8) is 0 Å². The van der Waals surface area contributed by atoms with Crippen molar-refractivity contribution in [2.24, 2.45) is 5.10 Å². The smallest absolute Gasteiger partial charge is 0.271 e. The Hall–Kier alpha value is -4.27. The quantitative estimate of drug-likeness (QED) is 0.381. The lowest BCUT2D eigenvalue weighted by molar-refractivity contribution is -0.384. The molecule has 0 bridgehead atoms. The Kier molecular flexibility index (Phi) is 5.79. The second kappa shape index (κ2) is 8.61. The van der Waals surface area contributed by atoms with E-state index in [1.807, 2.05) is 0 Å². The summed E-state index contributed by atoms with van der Waals surface area (Å²) in [5.74, 6) is -0.676. The van der Waals surface area contributed by atoms with Gasteiger partial charge < -0.3 is 9.88 Å². The lowest BCUT2D eigenvalue weighted by atomic mass is 10.2. The summed E-state index contributed by atoms with van der Waals surface area (Å²) in [4.78, 5) is 33.9. The molecule has 0 aliphatic heterocycles. The summed E-state index contributed by atoms with van der Waals surface area (Å²) in [6.07, 6.45) is 3.17. The molecule has 9 nitrogen and oxygen atoms in total. The number of aromatic nitrogens is 1. The molecule has 2 N–H and O–H groups in total. The lowest BCUT2D eigenvalue weighted by Gasteiger charge is -2.06. The highest BCUT2D eigenvalue weighted by atomic mass is 16.6. The number of nitrogens with one attached hydrogen (secondary N) is 2. The van der Waals surface area contributed by atoms with E-state index in [1.165, 1.54) is 31.3 Å². The molecule has 3 rings (SSSR count). The van der Waals surface area contributed by atoms with Gasteiger partial charge in [-0.15, -0.1) is 0 Å². The molecule has 0 fully saturated rings. The highest BCUT2D eigenvalue weighted by Crippen LogP contribution is 2.18. The van der Waals surface area contributed by atoms with E-state index in [0.717, 1.165) is 0 Å². The average Bonchev–Trinajstić information content (AvgIpc) is 3.16. The van der Waals surface area contributed by atoms with Crippen molar-refractivity contribution in [1.82, 2.24) is 9.99 Å². The molecule has 3 aromatic rings. The van der Waals surface area contributed by atoms with E-state index in [2.05, 4.69) is 15.8 Å². The predicted molar refractivity (Wildman–Crippen MR) is 108 cm³/mol. The van der Waals surface area contributed by atoms with E-state index in [9.17, 15) is 19.7 Å². The molecule has 1 heterocycles. The van der Waals surface area contributed by atoms with Crippen LogP contribution in [0, 0.1) is 10.1 Å². The molecule has 9 heteroatoms. The monoisotopic (exact) mass is 391 g/mol. The number of hydrogen-bond donors (Lipinski definition) is 2. The zero-order valence-electron chi connectivity index (χ0n) is 15.4. The van der Waals surface area contributed by atoms with Crippen molar-refractivity contribution < 1.29 is 14.5 Å². The fourth-order valence-corrected chi connectivity index (χ4v) is 2.65. The van der Waals surface area contributed by atoms with Crippen molar-refractivity contribution in [2.75, 3.05) is 5.32 Å². The maximum absolute atomic E-state index is 12.3. The Morgan fingerprint density at radius 1 is 1.10 bits per heavy atom. The standard InChI is InChI=1S/C20H17N5O4/c1-14(26)22-16-6-2-5-15(11-16)20(27)23-21-13-19-9-4-10-24(19)17-7-3-8-18(12-17)25(28)29/h2-13H,1H3,(H,22,26)(H,23,27)/b21-13-. The van der Waals surface area contributed by atoms with E-state index in [1.54, 1.807) is 53.2 Å². The van der Waals surface area contributed by atoms with Gasteiger partial charge in [0.05, 0.1) is 22.5 Å². The van der Waals surface area contributed by atoms with Crippen molar-refractivity contribution in [3.8, 4) is 5.69 Å². The zero-order valence-corrected chi connectivity index (χ0v) is 15.4. The van der Waals surface area contributed by atoms with Crippen LogP contribution in [0.2, 0.25) is 0 Å². The average molecular weight is 391 g/mol. The first-order valence-electron chi connectivity index (χ1n) is 8.57. The van der Waals surface area contributed by atoms with Crippen LogP contribution in [0.25, 0.3) is 5.69 Å². The number of hydrogen-bond acceptors (Lipinski definition) is 5. The molecule has 0 saturated heterocycles. The summed E-state index contributed by atoms with van der Waals surface area (Å²) in [6, 6.07) is 16.2. The number of nitrogens with zero attached hydrogens (tertiary/aromatic N) is 3. The van der Waals surface area contributed by atoms with Crippen molar-refractivity contribution in [2.45, 2.75) is 6.92 Å². The summed E-state index contributed by atoms with van der Waals surface area (Å²) in [7, 11) is 0. The number of carbonyl (C=O) groups excluding carboxylic acids is 2. The molecule has 2 aromatic carbocycles. The van der Waals surface area contributed by atoms with Crippen molar-refractivity contribution in [1.29, 1.82) is 0 Å². The largest absolute Gasteiger partial charge is 0.326 e. The van der Waals surface area contributed by atoms with Gasteiger partial charge in [-0.25, -0.2) is 5.43 Å². The molecule has 29 heavy (non-hydrogen) atoms. The minimum atomic E-state index is -0.462. The maximum atomic E-state index is 12.3. The minimum absolute atomic E-state index is 0.0218. The third-order valence-electron chi connectivity index (χ3n) is 3.91. The molecule has 0 saturated carbocycles. The van der Waals surface area contributed by atoms with E-state index >= 15 is 0 Å². The maximum Gasteiger partial charge on any atom is 0.271 e. The van der Waals surface area contributed by atoms with Crippen LogP contribution in [-0.4, -0.2) is 27.5 Å². The fourth-order valence-electron chi connectivity index (χ4n) is 2.65. The van der Waals surface area contributed by atoms with Crippen LogP contribution in [0.3, 0.4) is 0 Å². The Labute approximate surface area is 165 Å². The van der Waals surface area contributed by atoms with Gasteiger partial charge in [-0.1, -0.05) is 12.1 Å². The normalized spacial score (nSPS) is 10.7. The summed E-state index contributed by atoms with van der Waals surface area (Å²) >= 11 is 0. The number of nitro groups is 1. The van der Waals surface area contributed by atoms with Gasteiger partial charge >= 0.3 is 0 Å². The molecular formula is C20H17N5O4. The second-order valence-electron chi connectivity index (χ2n) is 6.04. The van der Waals surface area contributed by atoms with Crippen LogP contribution in [-0.2, 0) is 4.79 Å². The van der Waals surface area contributed by atoms with Gasteiger partial charge in [0, 0.05) is 36.5 Å². The highest BCUT2D eigenvalue weighted by molar-refractivity contribution is 5.97. The van der Waals surface area contributed by atoms with E-state index in [-0.39, 0.29) is 11.6 Å². The first-order chi connectivity index (χ1) is 13.9. The van der Waals surface area contributed by atoms with E-state index < -0.39 is 10.8 Å². The van der Waals surface area contributed by atoms with Crippen LogP contribution >= 0.6 is 0 Å². The van der Waals surface area contributed by atoms with Crippen LogP contribution in [0.4, 0.5) is 11.4 Å². The topological polar surface area (TPSA) is 119 Å². The van der Waals surface area contributed by atoms with Gasteiger partial charge in [-0.3, -0.25) is 19.7 Å². The molecule has 0 unspecified atom stereocenters. The lowest BCUT2D eigenvalue weighted by Crippen LogP contribution is -2.18. The third-order valence-corrected chi connectivity index (χ3v) is 3.91. The van der Waals surface area contributed by atoms with E-state index in [0.29, 0.717) is 22.6 Å². The molecule has 0 aliphatic carbocycles. The summed E-state index contributed by atoms with van der Waals surface area (Å²) in [5.41, 5.74) is 4.46. The minimum Gasteiger partial charge on any atom is -0.326 e. The van der Waals surface area contributed by atoms with Crippen LogP contribution in [0.15, 0.2) is 72.0 Å². The molecular weight excluding hydrogens is 374 g/mol. The number of nitro benzene ring substituents is 1. The van der Waals surface area contributed by atoms with E-state index in [4.69, 9.17) is 0 Å². The Bertz CT molecular complexity index is 1100. The van der Waals surface area contributed by atoms with Crippen molar-refractivity contribution >= 4 is 29.4 Å². The molecule has 0 radical (unpaired) electrons. The number of carbonyl (C=O) groups is 2. The summed E-state index contributed by atoms with van der Waals surface area (Å²) < 4.78 is 1.71. The first-order valence-corrected chi connectivity index (χ1v) is 8.57. The number of hydrazone groups is 1. The number of rotatable bonds is 6. The second-order valence-corrected chi connectivity index (χ2v) is 6.04. The first kappa shape index (κ1) is 19.5. The third kappa shape index (κ3) is 4.92. The number of benzene rings is 2. The summed E-state index contributed by atoms with van der Waals surface area (Å²) in [5, 5.41) is 17.5. The molecule has 1 aromatic heterocycles. The molecule has 0 spiro atoms. The van der Waals surface area contributed by atoms with Gasteiger partial charge in [0.1, 0.15) is 0 Å². The number of amides is 2.